The van der Waals surface area contributed by atoms with Crippen molar-refractivity contribution in [3.05, 3.63) is 40.8 Å². The van der Waals surface area contributed by atoms with E-state index in [1.165, 1.54) is 18.2 Å². The molecule has 154 valence electrons. The number of anilines is 1. The van der Waals surface area contributed by atoms with Gasteiger partial charge in [0.2, 0.25) is 0 Å². The lowest BCUT2D eigenvalue weighted by Gasteiger charge is -2.18. The first kappa shape index (κ1) is 21.1. The molecule has 2 atom stereocenters. The number of nitrogens with zero attached hydrogens (tertiary/aromatic N) is 4. The summed E-state index contributed by atoms with van der Waals surface area (Å²) < 4.78 is 23.2. The Labute approximate surface area is 172 Å². The van der Waals surface area contributed by atoms with Gasteiger partial charge in [-0.15, -0.1) is 0 Å². The zero-order valence-corrected chi connectivity index (χ0v) is 17.8. The molecule has 7 nitrogen and oxygen atoms in total. The number of rotatable bonds is 4. The van der Waals surface area contributed by atoms with Gasteiger partial charge < -0.3 is 5.32 Å². The van der Waals surface area contributed by atoms with Crippen molar-refractivity contribution in [2.45, 2.75) is 44.2 Å². The Balaban J connectivity index is 1.92. The molecular weight excluding hydrogens is 391 g/mol. The minimum absolute atomic E-state index is 0.112. The molecule has 1 aromatic heterocycles. The number of fused-ring (bicyclic) bond motifs is 1. The van der Waals surface area contributed by atoms with Gasteiger partial charge in [0.1, 0.15) is 22.6 Å². The van der Waals surface area contributed by atoms with E-state index >= 15 is 0 Å². The molecule has 9 heteroatoms. The number of hydrogen-bond donors (Lipinski definition) is 2. The van der Waals surface area contributed by atoms with Gasteiger partial charge in [-0.05, 0) is 43.4 Å². The predicted molar refractivity (Wildman–Crippen MR) is 111 cm³/mol. The number of halogens is 1. The average Bonchev–Trinajstić information content (AvgIpc) is 2.91. The summed E-state index contributed by atoms with van der Waals surface area (Å²) in [7, 11) is 2.91. The molecule has 2 aromatic rings. The van der Waals surface area contributed by atoms with E-state index in [2.05, 4.69) is 33.3 Å². The molecular formula is C20H25FN6OS. The number of nitriles is 1. The minimum Gasteiger partial charge on any atom is -0.321 e. The molecule has 2 heterocycles. The molecule has 0 spiro atoms. The Hall–Kier alpha value is -2.57. The van der Waals surface area contributed by atoms with Crippen molar-refractivity contribution in [2.75, 3.05) is 12.4 Å². The van der Waals surface area contributed by atoms with Gasteiger partial charge in [0, 0.05) is 42.3 Å². The zero-order chi connectivity index (χ0) is 21.1. The Morgan fingerprint density at radius 1 is 1.55 bits per heavy atom. The molecule has 0 fully saturated rings. The molecule has 1 aliphatic heterocycles. The van der Waals surface area contributed by atoms with Crippen molar-refractivity contribution >= 4 is 22.5 Å². The topological polar surface area (TPSA) is 95.1 Å². The van der Waals surface area contributed by atoms with Crippen molar-refractivity contribution in [1.82, 2.24) is 14.5 Å². The fourth-order valence-corrected chi connectivity index (χ4v) is 5.10. The fraction of sp³-hybridized carbons (Fsp3) is 0.450. The van der Waals surface area contributed by atoms with Crippen LogP contribution < -0.4 is 10.0 Å². The molecule has 1 aromatic carbocycles. The van der Waals surface area contributed by atoms with Crippen LogP contribution in [0.25, 0.3) is 0 Å². The molecule has 2 N–H and O–H groups in total. The minimum atomic E-state index is -0.615. The standard InChI is InChI=1S/C20H25FN6OS/c1-12(2)9-15-5-7-16-18(27(4)25-20(16)29(23-3)26-15)19(28)24-14-6-8-17(21)13(10-14)11-22/h6,8,10,12,15H,5,7,9H2,1-4H3,(H,23,26)(H,24,28)/t15-,29?/m1/s1. The van der Waals surface area contributed by atoms with Gasteiger partial charge in [0.15, 0.2) is 0 Å². The van der Waals surface area contributed by atoms with E-state index in [1.807, 2.05) is 0 Å². The van der Waals surface area contributed by atoms with Gasteiger partial charge >= 0.3 is 0 Å². The van der Waals surface area contributed by atoms with Crippen molar-refractivity contribution in [3.8, 4) is 6.07 Å². The first-order valence-corrected chi connectivity index (χ1v) is 10.7. The van der Waals surface area contributed by atoms with Crippen LogP contribution in [0.3, 0.4) is 0 Å². The van der Waals surface area contributed by atoms with Crippen molar-refractivity contribution in [2.24, 2.45) is 17.3 Å². The molecule has 0 bridgehead atoms. The normalized spacial score (nSPS) is 18.9. The highest BCUT2D eigenvalue weighted by atomic mass is 32.2. The van der Waals surface area contributed by atoms with Crippen LogP contribution in [0.1, 0.15) is 48.3 Å². The summed E-state index contributed by atoms with van der Waals surface area (Å²) in [5, 5.41) is 17.2. The maximum absolute atomic E-state index is 13.6. The SMILES string of the molecule is CN=S1N[C@@H](CC(C)C)CCc2c1nn(C)c2C(=O)Nc1ccc(F)c(C#N)c1. The maximum Gasteiger partial charge on any atom is 0.274 e. The third-order valence-corrected chi connectivity index (χ3v) is 6.43. The lowest BCUT2D eigenvalue weighted by atomic mass is 9.98. The van der Waals surface area contributed by atoms with Crippen LogP contribution in [-0.4, -0.2) is 28.8 Å². The van der Waals surface area contributed by atoms with E-state index in [1.54, 1.807) is 24.8 Å². The van der Waals surface area contributed by atoms with E-state index in [9.17, 15) is 9.18 Å². The maximum atomic E-state index is 13.6. The van der Waals surface area contributed by atoms with E-state index in [4.69, 9.17) is 5.26 Å². The van der Waals surface area contributed by atoms with Gasteiger partial charge in [0.05, 0.1) is 5.56 Å². The molecule has 29 heavy (non-hydrogen) atoms. The molecule has 3 rings (SSSR count). The second kappa shape index (κ2) is 8.84. The summed E-state index contributed by atoms with van der Waals surface area (Å²) in [5.41, 5.74) is 1.61. The van der Waals surface area contributed by atoms with Crippen LogP contribution in [0, 0.1) is 23.1 Å². The van der Waals surface area contributed by atoms with Crippen LogP contribution in [0.4, 0.5) is 10.1 Å². The highest BCUT2D eigenvalue weighted by Crippen LogP contribution is 2.26. The van der Waals surface area contributed by atoms with Gasteiger partial charge in [-0.1, -0.05) is 13.8 Å². The second-order valence-corrected chi connectivity index (χ2v) is 9.02. The lowest BCUT2D eigenvalue weighted by molar-refractivity contribution is 0.101. The molecule has 0 radical (unpaired) electrons. The van der Waals surface area contributed by atoms with Gasteiger partial charge in [-0.25, -0.2) is 13.5 Å². The zero-order valence-electron chi connectivity index (χ0n) is 17.0. The number of amides is 1. The molecule has 0 aliphatic carbocycles. The van der Waals surface area contributed by atoms with Gasteiger partial charge in [-0.2, -0.15) is 10.4 Å². The molecule has 0 saturated heterocycles. The molecule has 0 saturated carbocycles. The van der Waals surface area contributed by atoms with E-state index in [0.29, 0.717) is 23.3 Å². The Morgan fingerprint density at radius 3 is 2.97 bits per heavy atom. The highest BCUT2D eigenvalue weighted by Gasteiger charge is 2.29. The summed E-state index contributed by atoms with van der Waals surface area (Å²) in [4.78, 5) is 13.0. The fourth-order valence-electron chi connectivity index (χ4n) is 3.55. The van der Waals surface area contributed by atoms with Crippen LogP contribution in [0.5, 0.6) is 0 Å². The molecule has 1 aliphatic rings. The van der Waals surface area contributed by atoms with Crippen molar-refractivity contribution in [3.63, 3.8) is 0 Å². The number of carbonyl (C=O) groups excluding carboxylic acids is 1. The number of aromatic nitrogens is 2. The first-order chi connectivity index (χ1) is 13.8. The van der Waals surface area contributed by atoms with Crippen LogP contribution >= 0.6 is 0 Å². The predicted octanol–water partition coefficient (Wildman–Crippen LogP) is 3.34. The monoisotopic (exact) mass is 416 g/mol. The van der Waals surface area contributed by atoms with Gasteiger partial charge in [0.25, 0.3) is 5.91 Å². The summed E-state index contributed by atoms with van der Waals surface area (Å²) in [5.74, 6) is -0.392. The van der Waals surface area contributed by atoms with Crippen LogP contribution in [-0.2, 0) is 24.3 Å². The number of carbonyl (C=O) groups is 1. The second-order valence-electron chi connectivity index (χ2n) is 7.47. The Morgan fingerprint density at radius 2 is 2.31 bits per heavy atom. The summed E-state index contributed by atoms with van der Waals surface area (Å²) in [6.45, 7) is 4.38. The smallest absolute Gasteiger partial charge is 0.274 e. The first-order valence-electron chi connectivity index (χ1n) is 9.51. The lowest BCUT2D eigenvalue weighted by Crippen LogP contribution is -2.31. The van der Waals surface area contributed by atoms with Crippen LogP contribution in [0.15, 0.2) is 27.6 Å². The van der Waals surface area contributed by atoms with E-state index < -0.39 is 16.7 Å². The summed E-state index contributed by atoms with van der Waals surface area (Å²) in [6, 6.07) is 6.04. The van der Waals surface area contributed by atoms with Gasteiger partial charge in [-0.3, -0.25) is 9.48 Å². The molecule has 1 amide bonds. The summed E-state index contributed by atoms with van der Waals surface area (Å²) >= 11 is 0. The summed E-state index contributed by atoms with van der Waals surface area (Å²) in [6.07, 6.45) is 2.65. The van der Waals surface area contributed by atoms with Crippen molar-refractivity contribution in [1.29, 1.82) is 5.26 Å². The number of aryl methyl sites for hydroxylation is 1. The quantitative estimate of drug-likeness (QED) is 0.799. The molecule has 1 unspecified atom stereocenters. The third-order valence-electron chi connectivity index (χ3n) is 4.81. The average molecular weight is 417 g/mol. The van der Waals surface area contributed by atoms with E-state index in [0.717, 1.165) is 29.9 Å². The number of benzene rings is 1. The Kier molecular flexibility index (Phi) is 6.45. The third kappa shape index (κ3) is 4.54. The highest BCUT2D eigenvalue weighted by molar-refractivity contribution is 7.85. The van der Waals surface area contributed by atoms with Crippen molar-refractivity contribution < 1.29 is 9.18 Å². The van der Waals surface area contributed by atoms with E-state index in [-0.39, 0.29) is 11.5 Å². The van der Waals surface area contributed by atoms with Crippen LogP contribution in [0.2, 0.25) is 0 Å². The largest absolute Gasteiger partial charge is 0.321 e. The number of nitrogens with one attached hydrogen (secondary N) is 2. The number of hydrogen-bond acceptors (Lipinski definition) is 4. The Bertz CT molecular complexity index is 1010.